The van der Waals surface area contributed by atoms with Crippen molar-refractivity contribution in [3.05, 3.63) is 0 Å². The Kier molecular flexibility index (Phi) is 5.88. The van der Waals surface area contributed by atoms with Gasteiger partial charge in [0, 0.05) is 25.7 Å². The summed E-state index contributed by atoms with van der Waals surface area (Å²) in [5, 5.41) is 2.85. The summed E-state index contributed by atoms with van der Waals surface area (Å²) in [6.07, 6.45) is 3.24. The van der Waals surface area contributed by atoms with Gasteiger partial charge in [-0.05, 0) is 40.2 Å². The third-order valence-electron chi connectivity index (χ3n) is 3.05. The number of piperidine rings is 1. The molecule has 0 saturated carbocycles. The van der Waals surface area contributed by atoms with Crippen LogP contribution in [0.5, 0.6) is 0 Å². The molecule has 1 aliphatic heterocycles. The highest BCUT2D eigenvalue weighted by atomic mass is 16.6. The highest BCUT2D eigenvalue weighted by Crippen LogP contribution is 2.16. The van der Waals surface area contributed by atoms with Crippen LogP contribution in [0.1, 0.15) is 40.0 Å². The number of nitrogens with zero attached hydrogens (tertiary/aromatic N) is 1. The minimum atomic E-state index is -0.437. The normalized spacial score (nSPS) is 21.7. The third-order valence-corrected chi connectivity index (χ3v) is 3.05. The van der Waals surface area contributed by atoms with E-state index >= 15 is 0 Å². The predicted octanol–water partition coefficient (Wildman–Crippen LogP) is 1.32. The van der Waals surface area contributed by atoms with Gasteiger partial charge < -0.3 is 15.8 Å². The van der Waals surface area contributed by atoms with Gasteiger partial charge in [-0.1, -0.05) is 6.42 Å². The fraction of sp³-hybridized carbons (Fsp3) is 0.923. The molecule has 18 heavy (non-hydrogen) atoms. The number of nitrogens with two attached hydrogens (primary N) is 1. The Balaban J connectivity index is 2.33. The monoisotopic (exact) mass is 257 g/mol. The molecular formula is C13H27N3O2. The van der Waals surface area contributed by atoms with Gasteiger partial charge in [0.05, 0.1) is 0 Å². The molecule has 106 valence electrons. The van der Waals surface area contributed by atoms with Crippen molar-refractivity contribution in [3.63, 3.8) is 0 Å². The van der Waals surface area contributed by atoms with E-state index in [0.717, 1.165) is 19.5 Å². The zero-order valence-electron chi connectivity index (χ0n) is 11.9. The molecule has 0 aliphatic carbocycles. The summed E-state index contributed by atoms with van der Waals surface area (Å²) in [6, 6.07) is 0.398. The van der Waals surface area contributed by atoms with Crippen molar-refractivity contribution in [2.45, 2.75) is 51.7 Å². The lowest BCUT2D eigenvalue weighted by Crippen LogP contribution is -2.48. The standard InChI is InChI=1S/C13H27N3O2/c1-13(2,3)18-12(17)15-10-11-6-4-5-8-16(11)9-7-14/h11H,4-10,14H2,1-3H3,(H,15,17)/t11-/m0/s1. The van der Waals surface area contributed by atoms with Gasteiger partial charge in [-0.25, -0.2) is 4.79 Å². The van der Waals surface area contributed by atoms with Crippen LogP contribution in [0, 0.1) is 0 Å². The summed E-state index contributed by atoms with van der Waals surface area (Å²) >= 11 is 0. The molecule has 5 nitrogen and oxygen atoms in total. The van der Waals surface area contributed by atoms with E-state index in [4.69, 9.17) is 10.5 Å². The van der Waals surface area contributed by atoms with Crippen molar-refractivity contribution in [2.24, 2.45) is 5.73 Å². The highest BCUT2D eigenvalue weighted by molar-refractivity contribution is 5.67. The van der Waals surface area contributed by atoms with Crippen LogP contribution in [-0.2, 0) is 4.74 Å². The molecule has 0 radical (unpaired) electrons. The summed E-state index contributed by atoms with van der Waals surface area (Å²) < 4.78 is 5.23. The largest absolute Gasteiger partial charge is 0.444 e. The van der Waals surface area contributed by atoms with Crippen LogP contribution in [0.25, 0.3) is 0 Å². The van der Waals surface area contributed by atoms with Crippen molar-refractivity contribution in [1.82, 2.24) is 10.2 Å². The molecule has 1 aliphatic rings. The van der Waals surface area contributed by atoms with Gasteiger partial charge >= 0.3 is 6.09 Å². The second-order valence-electron chi connectivity index (χ2n) is 5.86. The lowest BCUT2D eigenvalue weighted by Gasteiger charge is -2.35. The molecule has 0 aromatic heterocycles. The molecule has 1 fully saturated rings. The topological polar surface area (TPSA) is 67.6 Å². The molecule has 0 aromatic carbocycles. The Morgan fingerprint density at radius 2 is 2.17 bits per heavy atom. The van der Waals surface area contributed by atoms with E-state index in [2.05, 4.69) is 10.2 Å². The van der Waals surface area contributed by atoms with Crippen molar-refractivity contribution in [2.75, 3.05) is 26.2 Å². The zero-order chi connectivity index (χ0) is 13.6. The quantitative estimate of drug-likeness (QED) is 0.797. The van der Waals surface area contributed by atoms with Crippen LogP contribution in [0.4, 0.5) is 4.79 Å². The number of carbonyl (C=O) groups is 1. The first-order valence-corrected chi connectivity index (χ1v) is 6.83. The number of rotatable bonds is 4. The molecule has 0 aromatic rings. The second-order valence-corrected chi connectivity index (χ2v) is 5.86. The molecule has 1 heterocycles. The first-order valence-electron chi connectivity index (χ1n) is 6.83. The van der Waals surface area contributed by atoms with Crippen LogP contribution in [0.2, 0.25) is 0 Å². The van der Waals surface area contributed by atoms with Gasteiger partial charge in [-0.2, -0.15) is 0 Å². The number of hydrogen-bond donors (Lipinski definition) is 2. The number of likely N-dealkylation sites (tertiary alicyclic amines) is 1. The van der Waals surface area contributed by atoms with E-state index in [1.165, 1.54) is 12.8 Å². The maximum absolute atomic E-state index is 11.6. The first kappa shape index (κ1) is 15.2. The SMILES string of the molecule is CC(C)(C)OC(=O)NC[C@@H]1CCCCN1CCN. The van der Waals surface area contributed by atoms with Gasteiger partial charge in [0.1, 0.15) is 5.60 Å². The van der Waals surface area contributed by atoms with Crippen LogP contribution in [0.3, 0.4) is 0 Å². The Labute approximate surface area is 110 Å². The highest BCUT2D eigenvalue weighted by Gasteiger charge is 2.23. The molecular weight excluding hydrogens is 230 g/mol. The van der Waals surface area contributed by atoms with E-state index in [-0.39, 0.29) is 6.09 Å². The minimum Gasteiger partial charge on any atom is -0.444 e. The van der Waals surface area contributed by atoms with Gasteiger partial charge in [0.2, 0.25) is 0 Å². The van der Waals surface area contributed by atoms with E-state index in [9.17, 15) is 4.79 Å². The Morgan fingerprint density at radius 3 is 2.78 bits per heavy atom. The maximum Gasteiger partial charge on any atom is 0.407 e. The van der Waals surface area contributed by atoms with Crippen LogP contribution < -0.4 is 11.1 Å². The number of alkyl carbamates (subject to hydrolysis) is 1. The van der Waals surface area contributed by atoms with E-state index in [0.29, 0.717) is 19.1 Å². The van der Waals surface area contributed by atoms with Crippen molar-refractivity contribution >= 4 is 6.09 Å². The average Bonchev–Trinajstić information content (AvgIpc) is 2.26. The van der Waals surface area contributed by atoms with Crippen LogP contribution in [0.15, 0.2) is 0 Å². The van der Waals surface area contributed by atoms with Crippen molar-refractivity contribution < 1.29 is 9.53 Å². The number of ether oxygens (including phenoxy) is 1. The molecule has 5 heteroatoms. The second kappa shape index (κ2) is 6.95. The number of nitrogens with one attached hydrogen (secondary N) is 1. The molecule has 0 bridgehead atoms. The Hall–Kier alpha value is -0.810. The zero-order valence-corrected chi connectivity index (χ0v) is 11.9. The fourth-order valence-electron chi connectivity index (χ4n) is 2.27. The number of amides is 1. The van der Waals surface area contributed by atoms with Crippen molar-refractivity contribution in [3.8, 4) is 0 Å². The molecule has 1 atom stereocenters. The molecule has 0 unspecified atom stereocenters. The van der Waals surface area contributed by atoms with Crippen molar-refractivity contribution in [1.29, 1.82) is 0 Å². The molecule has 0 spiro atoms. The van der Waals surface area contributed by atoms with E-state index in [1.54, 1.807) is 0 Å². The lowest BCUT2D eigenvalue weighted by atomic mass is 10.0. The molecule has 1 saturated heterocycles. The van der Waals surface area contributed by atoms with E-state index < -0.39 is 5.60 Å². The lowest BCUT2D eigenvalue weighted by molar-refractivity contribution is 0.0496. The minimum absolute atomic E-state index is 0.333. The number of carbonyl (C=O) groups excluding carboxylic acids is 1. The molecule has 1 rings (SSSR count). The van der Waals surface area contributed by atoms with Gasteiger partial charge in [0.15, 0.2) is 0 Å². The average molecular weight is 257 g/mol. The Morgan fingerprint density at radius 1 is 1.44 bits per heavy atom. The first-order chi connectivity index (χ1) is 8.42. The van der Waals surface area contributed by atoms with E-state index in [1.807, 2.05) is 20.8 Å². The van der Waals surface area contributed by atoms with Gasteiger partial charge in [-0.3, -0.25) is 4.90 Å². The summed E-state index contributed by atoms with van der Waals surface area (Å²) in [5.74, 6) is 0. The molecule has 1 amide bonds. The summed E-state index contributed by atoms with van der Waals surface area (Å²) in [5.41, 5.74) is 5.17. The summed E-state index contributed by atoms with van der Waals surface area (Å²) in [6.45, 7) is 8.91. The third kappa shape index (κ3) is 5.69. The van der Waals surface area contributed by atoms with Gasteiger partial charge in [-0.15, -0.1) is 0 Å². The van der Waals surface area contributed by atoms with Gasteiger partial charge in [0.25, 0.3) is 0 Å². The fourth-order valence-corrected chi connectivity index (χ4v) is 2.27. The molecule has 3 N–H and O–H groups in total. The predicted molar refractivity (Wildman–Crippen MR) is 72.5 cm³/mol. The van der Waals surface area contributed by atoms with Crippen LogP contribution >= 0.6 is 0 Å². The Bertz CT molecular complexity index is 261. The summed E-state index contributed by atoms with van der Waals surface area (Å²) in [7, 11) is 0. The summed E-state index contributed by atoms with van der Waals surface area (Å²) in [4.78, 5) is 14.0. The van der Waals surface area contributed by atoms with Crippen LogP contribution in [-0.4, -0.2) is 48.8 Å². The number of hydrogen-bond acceptors (Lipinski definition) is 4. The maximum atomic E-state index is 11.6. The smallest absolute Gasteiger partial charge is 0.407 e.